The Hall–Kier alpha value is -2.04. The number of carbonyl (C=O) groups excluding carboxylic acids is 2. The van der Waals surface area contributed by atoms with Crippen molar-refractivity contribution >= 4 is 11.8 Å². The third kappa shape index (κ3) is 4.73. The number of carbonyl (C=O) groups is 2. The fourth-order valence-electron chi connectivity index (χ4n) is 3.28. The summed E-state index contributed by atoms with van der Waals surface area (Å²) in [5.74, 6) is 1.46. The number of ether oxygens (including phenoxy) is 1. The van der Waals surface area contributed by atoms with Crippen LogP contribution in [0.15, 0.2) is 24.3 Å². The number of benzene rings is 1. The largest absolute Gasteiger partial charge is 0.496 e. The summed E-state index contributed by atoms with van der Waals surface area (Å²) in [6.45, 7) is 4.77. The van der Waals surface area contributed by atoms with Gasteiger partial charge in [0.2, 0.25) is 5.91 Å². The number of para-hydroxylation sites is 1. The van der Waals surface area contributed by atoms with Gasteiger partial charge in [-0.2, -0.15) is 0 Å². The van der Waals surface area contributed by atoms with Gasteiger partial charge in [-0.1, -0.05) is 38.8 Å². The second-order valence-electron chi connectivity index (χ2n) is 6.65. The Balaban J connectivity index is 1.77. The van der Waals surface area contributed by atoms with Crippen molar-refractivity contribution in [3.63, 3.8) is 0 Å². The smallest absolute Gasteiger partial charge is 0.255 e. The first kappa shape index (κ1) is 18.3. The van der Waals surface area contributed by atoms with Crippen LogP contribution in [0.25, 0.3) is 0 Å². The molecule has 0 bridgehead atoms. The highest BCUT2D eigenvalue weighted by atomic mass is 16.5. The zero-order chi connectivity index (χ0) is 17.5. The van der Waals surface area contributed by atoms with Crippen LogP contribution in [-0.2, 0) is 4.79 Å². The first-order valence-electron chi connectivity index (χ1n) is 8.73. The number of nitrogens with one attached hydrogen (secondary N) is 2. The molecule has 5 heteroatoms. The van der Waals surface area contributed by atoms with Gasteiger partial charge >= 0.3 is 0 Å². The molecular weight excluding hydrogens is 304 g/mol. The highest BCUT2D eigenvalue weighted by Gasteiger charge is 2.27. The van der Waals surface area contributed by atoms with E-state index in [2.05, 4.69) is 24.5 Å². The Morgan fingerprint density at radius 3 is 2.71 bits per heavy atom. The normalized spacial score (nSPS) is 23.4. The van der Waals surface area contributed by atoms with Crippen LogP contribution < -0.4 is 15.4 Å². The molecule has 3 atom stereocenters. The molecule has 2 rings (SSSR count). The van der Waals surface area contributed by atoms with Gasteiger partial charge in [0, 0.05) is 19.0 Å². The van der Waals surface area contributed by atoms with Crippen LogP contribution in [0.4, 0.5) is 0 Å². The summed E-state index contributed by atoms with van der Waals surface area (Å²) >= 11 is 0. The van der Waals surface area contributed by atoms with Crippen LogP contribution in [0.1, 0.15) is 49.9 Å². The third-order valence-corrected chi connectivity index (χ3v) is 5.04. The van der Waals surface area contributed by atoms with Crippen molar-refractivity contribution in [2.75, 3.05) is 13.7 Å². The predicted molar refractivity (Wildman–Crippen MR) is 94.1 cm³/mol. The van der Waals surface area contributed by atoms with E-state index in [0.29, 0.717) is 36.1 Å². The molecule has 5 nitrogen and oxygen atoms in total. The lowest BCUT2D eigenvalue weighted by molar-refractivity contribution is -0.122. The molecule has 1 saturated carbocycles. The van der Waals surface area contributed by atoms with E-state index < -0.39 is 0 Å². The quantitative estimate of drug-likeness (QED) is 0.842. The maximum absolute atomic E-state index is 12.2. The highest BCUT2D eigenvalue weighted by Crippen LogP contribution is 2.29. The van der Waals surface area contributed by atoms with E-state index in [1.165, 1.54) is 20.0 Å². The van der Waals surface area contributed by atoms with Crippen molar-refractivity contribution < 1.29 is 14.3 Å². The molecular formula is C19H28N2O3. The molecule has 0 spiro atoms. The van der Waals surface area contributed by atoms with Crippen LogP contribution in [0, 0.1) is 11.8 Å². The van der Waals surface area contributed by atoms with Gasteiger partial charge in [-0.3, -0.25) is 9.59 Å². The molecule has 1 aromatic rings. The van der Waals surface area contributed by atoms with E-state index in [1.54, 1.807) is 18.2 Å². The molecule has 1 aliphatic rings. The average molecular weight is 332 g/mol. The van der Waals surface area contributed by atoms with Crippen molar-refractivity contribution in [3.8, 4) is 5.75 Å². The number of hydrogen-bond donors (Lipinski definition) is 2. The third-order valence-electron chi connectivity index (χ3n) is 5.04. The zero-order valence-electron chi connectivity index (χ0n) is 14.8. The van der Waals surface area contributed by atoms with E-state index >= 15 is 0 Å². The maximum Gasteiger partial charge on any atom is 0.255 e. The molecule has 0 heterocycles. The monoisotopic (exact) mass is 332 g/mol. The Bertz CT molecular complexity index is 573. The summed E-state index contributed by atoms with van der Waals surface area (Å²) < 4.78 is 5.18. The Morgan fingerprint density at radius 2 is 1.96 bits per heavy atom. The van der Waals surface area contributed by atoms with E-state index in [-0.39, 0.29) is 17.9 Å². The van der Waals surface area contributed by atoms with Crippen LogP contribution in [0.2, 0.25) is 0 Å². The molecule has 1 aliphatic carbocycles. The maximum atomic E-state index is 12.2. The van der Waals surface area contributed by atoms with Gasteiger partial charge in [0.1, 0.15) is 5.75 Å². The van der Waals surface area contributed by atoms with Crippen LogP contribution in [0.3, 0.4) is 0 Å². The lowest BCUT2D eigenvalue weighted by Crippen LogP contribution is -2.44. The number of amides is 2. The summed E-state index contributed by atoms with van der Waals surface area (Å²) in [7, 11) is 1.53. The molecule has 0 unspecified atom stereocenters. The molecule has 0 aromatic heterocycles. The van der Waals surface area contributed by atoms with Crippen molar-refractivity contribution in [2.45, 2.75) is 45.6 Å². The van der Waals surface area contributed by atoms with Crippen LogP contribution >= 0.6 is 0 Å². The topological polar surface area (TPSA) is 67.4 Å². The molecule has 132 valence electrons. The molecule has 1 aromatic carbocycles. The molecule has 0 radical (unpaired) electrons. The van der Waals surface area contributed by atoms with E-state index in [4.69, 9.17) is 4.74 Å². The molecule has 0 saturated heterocycles. The Labute approximate surface area is 144 Å². The molecule has 1 fully saturated rings. The van der Waals surface area contributed by atoms with Crippen LogP contribution in [0.5, 0.6) is 5.75 Å². The lowest BCUT2D eigenvalue weighted by Gasteiger charge is -2.34. The molecule has 24 heavy (non-hydrogen) atoms. The van der Waals surface area contributed by atoms with Crippen molar-refractivity contribution in [2.24, 2.45) is 11.8 Å². The number of methoxy groups -OCH3 is 1. The van der Waals surface area contributed by atoms with Crippen molar-refractivity contribution in [1.29, 1.82) is 0 Å². The van der Waals surface area contributed by atoms with Crippen molar-refractivity contribution in [1.82, 2.24) is 10.6 Å². The summed E-state index contributed by atoms with van der Waals surface area (Å²) in [5, 5.41) is 5.90. The standard InChI is InChI=1S/C19H28N2O3/c1-13-7-6-9-16(14(13)2)21-18(22)11-12-20-19(23)15-8-4-5-10-17(15)24-3/h4-5,8,10,13-14,16H,6-7,9,11-12H2,1-3H3,(H,20,23)(H,21,22)/t13-,14-,16+/m1/s1. The lowest BCUT2D eigenvalue weighted by atomic mass is 9.78. The van der Waals surface area contributed by atoms with E-state index in [0.717, 1.165) is 6.42 Å². The van der Waals surface area contributed by atoms with Gasteiger partial charge in [-0.15, -0.1) is 0 Å². The fraction of sp³-hybridized carbons (Fsp3) is 0.579. The van der Waals surface area contributed by atoms with E-state index in [9.17, 15) is 9.59 Å². The summed E-state index contributed by atoms with van der Waals surface area (Å²) in [5.41, 5.74) is 0.482. The Morgan fingerprint density at radius 1 is 1.21 bits per heavy atom. The second-order valence-corrected chi connectivity index (χ2v) is 6.65. The molecule has 2 N–H and O–H groups in total. The first-order chi connectivity index (χ1) is 11.5. The fourth-order valence-corrected chi connectivity index (χ4v) is 3.28. The summed E-state index contributed by atoms with van der Waals surface area (Å²) in [6, 6.07) is 7.31. The van der Waals surface area contributed by atoms with Gasteiger partial charge < -0.3 is 15.4 Å². The molecule has 2 amide bonds. The minimum absolute atomic E-state index is 0.00118. The summed E-state index contributed by atoms with van der Waals surface area (Å²) in [6.07, 6.45) is 3.74. The number of hydrogen-bond acceptors (Lipinski definition) is 3. The SMILES string of the molecule is COc1ccccc1C(=O)NCCC(=O)N[C@H]1CCC[C@@H](C)[C@H]1C. The van der Waals surface area contributed by atoms with Crippen LogP contribution in [-0.4, -0.2) is 31.5 Å². The van der Waals surface area contributed by atoms with Gasteiger partial charge in [-0.25, -0.2) is 0 Å². The molecule has 0 aliphatic heterocycles. The highest BCUT2D eigenvalue weighted by molar-refractivity contribution is 5.97. The number of rotatable bonds is 6. The van der Waals surface area contributed by atoms with Gasteiger partial charge in [0.25, 0.3) is 5.91 Å². The van der Waals surface area contributed by atoms with Gasteiger partial charge in [0.05, 0.1) is 12.7 Å². The zero-order valence-corrected chi connectivity index (χ0v) is 14.8. The van der Waals surface area contributed by atoms with E-state index in [1.807, 2.05) is 6.07 Å². The van der Waals surface area contributed by atoms with Crippen molar-refractivity contribution in [3.05, 3.63) is 29.8 Å². The minimum atomic E-state index is -0.222. The Kier molecular flexibility index (Phi) is 6.64. The first-order valence-corrected chi connectivity index (χ1v) is 8.73. The van der Waals surface area contributed by atoms with Gasteiger partial charge in [0.15, 0.2) is 0 Å². The minimum Gasteiger partial charge on any atom is -0.496 e. The predicted octanol–water partition coefficient (Wildman–Crippen LogP) is 2.76. The summed E-state index contributed by atoms with van der Waals surface area (Å²) in [4.78, 5) is 24.3. The average Bonchev–Trinajstić information content (AvgIpc) is 2.58. The van der Waals surface area contributed by atoms with Gasteiger partial charge in [-0.05, 0) is 30.4 Å². The second kappa shape index (κ2) is 8.71.